The Balaban J connectivity index is 0.000000561. The molecular formula is C9H18FNO. The Morgan fingerprint density at radius 3 is 2.42 bits per heavy atom. The molecule has 12 heavy (non-hydrogen) atoms. The van der Waals surface area contributed by atoms with E-state index in [0.717, 1.165) is 0 Å². The standard InChI is InChI=1S/C7H12FNO.C2H6/c1-6(9-5-10)4-7(8)2-3-7;1-2/h5-6H,2-4H2,1H3,(H,9,10);1-2H3. The van der Waals surface area contributed by atoms with Gasteiger partial charge in [-0.1, -0.05) is 13.8 Å². The van der Waals surface area contributed by atoms with Crippen molar-refractivity contribution in [3.8, 4) is 0 Å². The van der Waals surface area contributed by atoms with Gasteiger partial charge in [0, 0.05) is 12.5 Å². The quantitative estimate of drug-likeness (QED) is 0.651. The molecule has 0 radical (unpaired) electrons. The summed E-state index contributed by atoms with van der Waals surface area (Å²) in [5.74, 6) is 0. The molecule has 1 fully saturated rings. The highest BCUT2D eigenvalue weighted by Gasteiger charge is 2.43. The second-order valence-corrected chi connectivity index (χ2v) is 3.04. The molecule has 72 valence electrons. The van der Waals surface area contributed by atoms with Crippen LogP contribution in [0.3, 0.4) is 0 Å². The van der Waals surface area contributed by atoms with Gasteiger partial charge in [-0.2, -0.15) is 0 Å². The van der Waals surface area contributed by atoms with Crippen LogP contribution >= 0.6 is 0 Å². The fourth-order valence-electron chi connectivity index (χ4n) is 1.06. The summed E-state index contributed by atoms with van der Waals surface area (Å²) in [7, 11) is 0. The minimum atomic E-state index is -0.949. The molecule has 1 atom stereocenters. The number of hydrogen-bond donors (Lipinski definition) is 1. The molecule has 1 amide bonds. The number of rotatable bonds is 4. The molecule has 1 aliphatic rings. The Hall–Kier alpha value is -0.600. The molecule has 0 aliphatic heterocycles. The molecule has 0 aromatic heterocycles. The fourth-order valence-corrected chi connectivity index (χ4v) is 1.06. The lowest BCUT2D eigenvalue weighted by molar-refractivity contribution is -0.110. The highest BCUT2D eigenvalue weighted by molar-refractivity contribution is 5.46. The van der Waals surface area contributed by atoms with Gasteiger partial charge >= 0.3 is 0 Å². The number of amides is 1. The first kappa shape index (κ1) is 11.4. The first-order chi connectivity index (χ1) is 5.66. The van der Waals surface area contributed by atoms with Gasteiger partial charge in [-0.25, -0.2) is 4.39 Å². The zero-order valence-corrected chi connectivity index (χ0v) is 8.06. The van der Waals surface area contributed by atoms with Gasteiger partial charge in [-0.05, 0) is 19.8 Å². The summed E-state index contributed by atoms with van der Waals surface area (Å²) in [4.78, 5) is 9.89. The number of carbonyl (C=O) groups excluding carboxylic acids is 1. The normalized spacial score (nSPS) is 20.0. The maximum absolute atomic E-state index is 12.9. The van der Waals surface area contributed by atoms with Crippen molar-refractivity contribution in [1.82, 2.24) is 5.32 Å². The van der Waals surface area contributed by atoms with Crippen LogP contribution < -0.4 is 5.32 Å². The summed E-state index contributed by atoms with van der Waals surface area (Å²) >= 11 is 0. The first-order valence-electron chi connectivity index (χ1n) is 4.55. The second kappa shape index (κ2) is 5.12. The topological polar surface area (TPSA) is 29.1 Å². The van der Waals surface area contributed by atoms with Crippen LogP contribution in [0.2, 0.25) is 0 Å². The lowest BCUT2D eigenvalue weighted by atomic mass is 10.1. The van der Waals surface area contributed by atoms with Gasteiger partial charge in [0.05, 0.1) is 0 Å². The largest absolute Gasteiger partial charge is 0.356 e. The highest BCUT2D eigenvalue weighted by atomic mass is 19.1. The SMILES string of the molecule is CC.CC(CC1(F)CC1)NC=O. The minimum Gasteiger partial charge on any atom is -0.356 e. The van der Waals surface area contributed by atoms with E-state index in [9.17, 15) is 9.18 Å². The van der Waals surface area contributed by atoms with Gasteiger partial charge in [0.15, 0.2) is 0 Å². The van der Waals surface area contributed by atoms with Crippen molar-refractivity contribution < 1.29 is 9.18 Å². The Labute approximate surface area is 73.5 Å². The van der Waals surface area contributed by atoms with Crippen molar-refractivity contribution in [1.29, 1.82) is 0 Å². The molecule has 1 rings (SSSR count). The maximum atomic E-state index is 12.9. The Morgan fingerprint density at radius 1 is 1.58 bits per heavy atom. The molecule has 0 bridgehead atoms. The zero-order valence-electron chi connectivity index (χ0n) is 8.06. The molecule has 1 saturated carbocycles. The average Bonchev–Trinajstić information content (AvgIpc) is 2.72. The van der Waals surface area contributed by atoms with Crippen molar-refractivity contribution in [3.63, 3.8) is 0 Å². The van der Waals surface area contributed by atoms with Gasteiger partial charge in [0.1, 0.15) is 5.67 Å². The summed E-state index contributed by atoms with van der Waals surface area (Å²) in [5, 5.41) is 2.52. The molecule has 0 aromatic carbocycles. The molecule has 1 N–H and O–H groups in total. The summed E-state index contributed by atoms with van der Waals surface area (Å²) in [6.45, 7) is 5.81. The number of hydrogen-bond acceptors (Lipinski definition) is 1. The van der Waals surface area contributed by atoms with E-state index in [-0.39, 0.29) is 6.04 Å². The van der Waals surface area contributed by atoms with E-state index < -0.39 is 5.67 Å². The van der Waals surface area contributed by atoms with E-state index in [4.69, 9.17) is 0 Å². The summed E-state index contributed by atoms with van der Waals surface area (Å²) in [5.41, 5.74) is -0.949. The van der Waals surface area contributed by atoms with Crippen LogP contribution in [0.1, 0.15) is 40.0 Å². The third-order valence-electron chi connectivity index (χ3n) is 1.82. The van der Waals surface area contributed by atoms with Crippen molar-refractivity contribution in [2.45, 2.75) is 51.7 Å². The van der Waals surface area contributed by atoms with Crippen molar-refractivity contribution in [2.75, 3.05) is 0 Å². The fraction of sp³-hybridized carbons (Fsp3) is 0.889. The van der Waals surface area contributed by atoms with Gasteiger partial charge in [0.2, 0.25) is 6.41 Å². The molecule has 2 nitrogen and oxygen atoms in total. The van der Waals surface area contributed by atoms with Crippen LogP contribution in [0.25, 0.3) is 0 Å². The van der Waals surface area contributed by atoms with Crippen molar-refractivity contribution in [2.24, 2.45) is 0 Å². The van der Waals surface area contributed by atoms with Gasteiger partial charge in [0.25, 0.3) is 0 Å². The monoisotopic (exact) mass is 175 g/mol. The van der Waals surface area contributed by atoms with Crippen molar-refractivity contribution in [3.05, 3.63) is 0 Å². The molecule has 0 heterocycles. The summed E-state index contributed by atoms with van der Waals surface area (Å²) in [6.07, 6.45) is 2.41. The van der Waals surface area contributed by atoms with Crippen LogP contribution in [0.15, 0.2) is 0 Å². The van der Waals surface area contributed by atoms with E-state index in [1.165, 1.54) is 0 Å². The van der Waals surface area contributed by atoms with E-state index in [0.29, 0.717) is 25.7 Å². The predicted octanol–water partition coefficient (Wildman–Crippen LogP) is 2.04. The maximum Gasteiger partial charge on any atom is 0.207 e. The van der Waals surface area contributed by atoms with Crippen LogP contribution in [-0.2, 0) is 4.79 Å². The van der Waals surface area contributed by atoms with Gasteiger partial charge < -0.3 is 5.32 Å². The molecule has 0 saturated heterocycles. The van der Waals surface area contributed by atoms with Gasteiger partial charge in [-0.3, -0.25) is 4.79 Å². The smallest absolute Gasteiger partial charge is 0.207 e. The molecule has 0 spiro atoms. The number of nitrogens with one attached hydrogen (secondary N) is 1. The molecule has 3 heteroatoms. The number of alkyl halides is 1. The zero-order chi connectivity index (χ0) is 9.61. The van der Waals surface area contributed by atoms with E-state index in [1.54, 1.807) is 0 Å². The Kier molecular flexibility index (Phi) is 4.86. The molecule has 1 unspecified atom stereocenters. The lowest BCUT2D eigenvalue weighted by Crippen LogP contribution is -2.27. The van der Waals surface area contributed by atoms with Crippen LogP contribution in [0, 0.1) is 0 Å². The van der Waals surface area contributed by atoms with Gasteiger partial charge in [-0.15, -0.1) is 0 Å². The Morgan fingerprint density at radius 2 is 2.08 bits per heavy atom. The summed E-state index contributed by atoms with van der Waals surface area (Å²) in [6, 6.07) is -0.0231. The highest BCUT2D eigenvalue weighted by Crippen LogP contribution is 2.43. The van der Waals surface area contributed by atoms with Crippen LogP contribution in [0.5, 0.6) is 0 Å². The Bertz CT molecular complexity index is 134. The van der Waals surface area contributed by atoms with Crippen LogP contribution in [0.4, 0.5) is 4.39 Å². The number of carbonyl (C=O) groups is 1. The molecule has 1 aliphatic carbocycles. The molecule has 0 aromatic rings. The predicted molar refractivity (Wildman–Crippen MR) is 47.7 cm³/mol. The third kappa shape index (κ3) is 4.31. The van der Waals surface area contributed by atoms with Crippen LogP contribution in [-0.4, -0.2) is 18.1 Å². The van der Waals surface area contributed by atoms with E-state index in [2.05, 4.69) is 5.32 Å². The average molecular weight is 175 g/mol. The number of halogens is 1. The van der Waals surface area contributed by atoms with E-state index >= 15 is 0 Å². The third-order valence-corrected chi connectivity index (χ3v) is 1.82. The second-order valence-electron chi connectivity index (χ2n) is 3.04. The summed E-state index contributed by atoms with van der Waals surface area (Å²) < 4.78 is 12.9. The van der Waals surface area contributed by atoms with E-state index in [1.807, 2.05) is 20.8 Å². The van der Waals surface area contributed by atoms with Crippen molar-refractivity contribution >= 4 is 6.41 Å². The first-order valence-corrected chi connectivity index (χ1v) is 4.55. The molecular weight excluding hydrogens is 157 g/mol. The lowest BCUT2D eigenvalue weighted by Gasteiger charge is -2.11. The minimum absolute atomic E-state index is 0.0231.